The van der Waals surface area contributed by atoms with Crippen LogP contribution in [-0.4, -0.2) is 30.8 Å². The average molecular weight is 332 g/mol. The van der Waals surface area contributed by atoms with Gasteiger partial charge < -0.3 is 14.6 Å². The number of aromatic nitrogens is 1. The monoisotopic (exact) mass is 332 g/mol. The van der Waals surface area contributed by atoms with Crippen LogP contribution in [0.5, 0.6) is 0 Å². The minimum Gasteiger partial charge on any atom is -0.466 e. The highest BCUT2D eigenvalue weighted by atomic mass is 19.1. The van der Waals surface area contributed by atoms with Gasteiger partial charge in [-0.15, -0.1) is 0 Å². The van der Waals surface area contributed by atoms with Crippen molar-refractivity contribution < 1.29 is 18.4 Å². The molecule has 0 saturated carbocycles. The maximum atomic E-state index is 13.9. The number of hydrogen-bond donors (Lipinski definition) is 1. The molecule has 6 heteroatoms. The third kappa shape index (κ3) is 3.33. The summed E-state index contributed by atoms with van der Waals surface area (Å²) >= 11 is 0. The van der Waals surface area contributed by atoms with E-state index in [9.17, 15) is 9.18 Å². The van der Waals surface area contributed by atoms with E-state index in [1.165, 1.54) is 6.07 Å². The van der Waals surface area contributed by atoms with Crippen LogP contribution >= 0.6 is 0 Å². The molecule has 1 N–H and O–H groups in total. The van der Waals surface area contributed by atoms with E-state index in [0.717, 1.165) is 13.1 Å². The molecule has 5 nitrogen and oxygen atoms in total. The van der Waals surface area contributed by atoms with Gasteiger partial charge in [0.15, 0.2) is 0 Å². The molecule has 1 fully saturated rings. The number of esters is 1. The second-order valence-corrected chi connectivity index (χ2v) is 6.09. The SMILES string of the molecule is CCOC(=O)C1(Cc2cc(-c3ccccc3F)no2)CCNCC1. The third-order valence-corrected chi connectivity index (χ3v) is 4.49. The summed E-state index contributed by atoms with van der Waals surface area (Å²) in [5, 5.41) is 7.22. The summed E-state index contributed by atoms with van der Waals surface area (Å²) in [4.78, 5) is 12.5. The van der Waals surface area contributed by atoms with Crippen LogP contribution < -0.4 is 5.32 Å². The molecule has 2 heterocycles. The first kappa shape index (κ1) is 16.6. The quantitative estimate of drug-likeness (QED) is 0.853. The van der Waals surface area contributed by atoms with Gasteiger partial charge in [-0.05, 0) is 45.0 Å². The van der Waals surface area contributed by atoms with Crippen molar-refractivity contribution in [2.75, 3.05) is 19.7 Å². The standard InChI is InChI=1S/C18H21FN2O3/c1-2-23-17(22)18(7-9-20-10-8-18)12-13-11-16(21-24-13)14-5-3-4-6-15(14)19/h3-6,11,20H,2,7-10,12H2,1H3. The molecule has 0 bridgehead atoms. The Morgan fingerprint density at radius 3 is 2.83 bits per heavy atom. The van der Waals surface area contributed by atoms with E-state index in [1.54, 1.807) is 31.2 Å². The van der Waals surface area contributed by atoms with Crippen LogP contribution in [-0.2, 0) is 16.0 Å². The number of benzene rings is 1. The fourth-order valence-electron chi connectivity index (χ4n) is 3.17. The molecule has 0 unspecified atom stereocenters. The van der Waals surface area contributed by atoms with Crippen LogP contribution in [0.1, 0.15) is 25.5 Å². The van der Waals surface area contributed by atoms with Crippen LogP contribution in [0.15, 0.2) is 34.9 Å². The Bertz CT molecular complexity index is 708. The van der Waals surface area contributed by atoms with Crippen LogP contribution in [0.3, 0.4) is 0 Å². The second-order valence-electron chi connectivity index (χ2n) is 6.09. The van der Waals surface area contributed by atoms with Gasteiger partial charge in [0, 0.05) is 18.1 Å². The van der Waals surface area contributed by atoms with Crippen molar-refractivity contribution in [3.8, 4) is 11.3 Å². The lowest BCUT2D eigenvalue weighted by atomic mass is 9.75. The van der Waals surface area contributed by atoms with Crippen molar-refractivity contribution in [2.45, 2.75) is 26.2 Å². The van der Waals surface area contributed by atoms with Crippen molar-refractivity contribution in [3.63, 3.8) is 0 Å². The molecular formula is C18H21FN2O3. The largest absolute Gasteiger partial charge is 0.466 e. The molecule has 24 heavy (non-hydrogen) atoms. The van der Waals surface area contributed by atoms with E-state index in [1.807, 2.05) is 0 Å². The topological polar surface area (TPSA) is 64.4 Å². The number of rotatable bonds is 5. The molecule has 0 amide bonds. The highest BCUT2D eigenvalue weighted by Gasteiger charge is 2.42. The Kier molecular flexibility index (Phi) is 4.94. The maximum absolute atomic E-state index is 13.9. The van der Waals surface area contributed by atoms with E-state index < -0.39 is 5.41 Å². The van der Waals surface area contributed by atoms with Crippen LogP contribution in [0.2, 0.25) is 0 Å². The molecule has 3 rings (SSSR count). The molecular weight excluding hydrogens is 311 g/mol. The molecule has 1 aliphatic rings. The van der Waals surface area contributed by atoms with Gasteiger partial charge >= 0.3 is 5.97 Å². The molecule has 1 saturated heterocycles. The normalized spacial score (nSPS) is 16.8. The molecule has 0 aliphatic carbocycles. The van der Waals surface area contributed by atoms with Crippen LogP contribution in [0, 0.1) is 11.2 Å². The Balaban J connectivity index is 1.83. The molecule has 0 spiro atoms. The Morgan fingerprint density at radius 1 is 1.38 bits per heavy atom. The number of carbonyl (C=O) groups is 1. The summed E-state index contributed by atoms with van der Waals surface area (Å²) in [5.74, 6) is 0.0258. The lowest BCUT2D eigenvalue weighted by Crippen LogP contribution is -2.44. The smallest absolute Gasteiger partial charge is 0.312 e. The third-order valence-electron chi connectivity index (χ3n) is 4.49. The number of halogens is 1. The minimum atomic E-state index is -0.604. The van der Waals surface area contributed by atoms with Gasteiger partial charge in [0.25, 0.3) is 0 Å². The van der Waals surface area contributed by atoms with E-state index >= 15 is 0 Å². The predicted molar refractivity (Wildman–Crippen MR) is 86.8 cm³/mol. The number of nitrogens with zero attached hydrogens (tertiary/aromatic N) is 1. The van der Waals surface area contributed by atoms with Gasteiger partial charge in [0.2, 0.25) is 0 Å². The number of hydrogen-bond acceptors (Lipinski definition) is 5. The van der Waals surface area contributed by atoms with Crippen molar-refractivity contribution in [2.24, 2.45) is 5.41 Å². The van der Waals surface area contributed by atoms with Crippen molar-refractivity contribution in [1.82, 2.24) is 10.5 Å². The van der Waals surface area contributed by atoms with E-state index in [-0.39, 0.29) is 11.8 Å². The Labute approximate surface area is 140 Å². The minimum absolute atomic E-state index is 0.199. The number of carbonyl (C=O) groups excluding carboxylic acids is 1. The fraction of sp³-hybridized carbons (Fsp3) is 0.444. The maximum Gasteiger partial charge on any atom is 0.312 e. The first-order valence-electron chi connectivity index (χ1n) is 8.23. The van der Waals surface area contributed by atoms with Gasteiger partial charge in [-0.1, -0.05) is 17.3 Å². The summed E-state index contributed by atoms with van der Waals surface area (Å²) in [6.07, 6.45) is 1.78. The Hall–Kier alpha value is -2.21. The lowest BCUT2D eigenvalue weighted by Gasteiger charge is -2.34. The molecule has 1 aromatic heterocycles. The first-order valence-corrected chi connectivity index (χ1v) is 8.23. The van der Waals surface area contributed by atoms with E-state index in [4.69, 9.17) is 9.26 Å². The predicted octanol–water partition coefficient (Wildman–Crippen LogP) is 2.96. The second kappa shape index (κ2) is 7.13. The van der Waals surface area contributed by atoms with Crippen LogP contribution in [0.25, 0.3) is 11.3 Å². The number of piperidine rings is 1. The molecule has 0 radical (unpaired) electrons. The summed E-state index contributed by atoms with van der Waals surface area (Å²) in [6, 6.07) is 8.13. The molecule has 0 atom stereocenters. The summed E-state index contributed by atoms with van der Waals surface area (Å²) < 4.78 is 24.5. The fourth-order valence-corrected chi connectivity index (χ4v) is 3.17. The summed E-state index contributed by atoms with van der Waals surface area (Å²) in [7, 11) is 0. The zero-order chi connectivity index (χ0) is 17.0. The first-order chi connectivity index (χ1) is 11.6. The van der Waals surface area contributed by atoms with Gasteiger partial charge in [-0.3, -0.25) is 4.79 Å². The van der Waals surface area contributed by atoms with Crippen LogP contribution in [0.4, 0.5) is 4.39 Å². The lowest BCUT2D eigenvalue weighted by molar-refractivity contribution is -0.157. The van der Waals surface area contributed by atoms with E-state index in [0.29, 0.717) is 42.9 Å². The summed E-state index contributed by atoms with van der Waals surface area (Å²) in [6.45, 7) is 3.67. The van der Waals surface area contributed by atoms with Gasteiger partial charge in [0.05, 0.1) is 12.0 Å². The molecule has 1 aliphatic heterocycles. The van der Waals surface area contributed by atoms with Crippen molar-refractivity contribution in [1.29, 1.82) is 0 Å². The summed E-state index contributed by atoms with van der Waals surface area (Å²) in [5.41, 5.74) is 0.229. The van der Waals surface area contributed by atoms with E-state index in [2.05, 4.69) is 10.5 Å². The molecule has 128 valence electrons. The number of ether oxygens (including phenoxy) is 1. The van der Waals surface area contributed by atoms with Crippen molar-refractivity contribution in [3.05, 3.63) is 41.9 Å². The van der Waals surface area contributed by atoms with Gasteiger partial charge in [-0.25, -0.2) is 4.39 Å². The van der Waals surface area contributed by atoms with Gasteiger partial charge in [-0.2, -0.15) is 0 Å². The van der Waals surface area contributed by atoms with Gasteiger partial charge in [0.1, 0.15) is 17.3 Å². The average Bonchev–Trinajstić information content (AvgIpc) is 3.04. The zero-order valence-corrected chi connectivity index (χ0v) is 13.7. The number of nitrogens with one attached hydrogen (secondary N) is 1. The highest BCUT2D eigenvalue weighted by molar-refractivity contribution is 5.77. The zero-order valence-electron chi connectivity index (χ0n) is 13.7. The highest BCUT2D eigenvalue weighted by Crippen LogP contribution is 2.35. The molecule has 1 aromatic carbocycles. The Morgan fingerprint density at radius 2 is 2.12 bits per heavy atom. The molecule has 2 aromatic rings. The van der Waals surface area contributed by atoms with Crippen molar-refractivity contribution >= 4 is 5.97 Å².